The van der Waals surface area contributed by atoms with Gasteiger partial charge in [0, 0.05) is 11.1 Å². The largest absolute Gasteiger partial charge is 0.508 e. The van der Waals surface area contributed by atoms with Gasteiger partial charge in [0.25, 0.3) is 0 Å². The summed E-state index contributed by atoms with van der Waals surface area (Å²) >= 11 is 1.37. The average molecular weight is 348 g/mol. The molecule has 0 saturated heterocycles. The van der Waals surface area contributed by atoms with E-state index in [9.17, 15) is 9.90 Å². The number of nitrogens with zero attached hydrogens (tertiary/aromatic N) is 2. The van der Waals surface area contributed by atoms with Crippen molar-refractivity contribution in [2.45, 2.75) is 6.92 Å². The van der Waals surface area contributed by atoms with E-state index < -0.39 is 0 Å². The lowest BCUT2D eigenvalue weighted by Crippen LogP contribution is -2.01. The fourth-order valence-corrected chi connectivity index (χ4v) is 4.28. The van der Waals surface area contributed by atoms with Crippen LogP contribution in [0.5, 0.6) is 5.75 Å². The van der Waals surface area contributed by atoms with Gasteiger partial charge in [-0.05, 0) is 37.3 Å². The maximum atomic E-state index is 13.1. The van der Waals surface area contributed by atoms with Gasteiger partial charge in [0.2, 0.25) is 5.78 Å². The minimum absolute atomic E-state index is 0.103. The molecule has 6 heteroatoms. The number of imidazole rings is 1. The summed E-state index contributed by atoms with van der Waals surface area (Å²) in [7, 11) is 0. The number of phenols is 1. The predicted molar refractivity (Wildman–Crippen MR) is 96.6 cm³/mol. The number of thiazole rings is 1. The number of phenolic OH excluding ortho intramolecular Hbond substituents is 1. The molecular formula is C19H12N2O3S. The van der Waals surface area contributed by atoms with Crippen LogP contribution in [0.1, 0.15) is 20.9 Å². The van der Waals surface area contributed by atoms with E-state index in [4.69, 9.17) is 4.42 Å². The minimum Gasteiger partial charge on any atom is -0.508 e. The average Bonchev–Trinajstić information content (AvgIpc) is 3.26. The van der Waals surface area contributed by atoms with Gasteiger partial charge in [-0.15, -0.1) is 0 Å². The van der Waals surface area contributed by atoms with Crippen molar-refractivity contribution >= 4 is 44.1 Å². The van der Waals surface area contributed by atoms with E-state index in [-0.39, 0.29) is 11.5 Å². The van der Waals surface area contributed by atoms with E-state index in [0.717, 1.165) is 21.7 Å². The van der Waals surface area contributed by atoms with Crippen molar-refractivity contribution < 1.29 is 14.3 Å². The van der Waals surface area contributed by atoms with Crippen LogP contribution in [0.2, 0.25) is 0 Å². The van der Waals surface area contributed by atoms with E-state index in [1.165, 1.54) is 23.7 Å². The molecule has 5 rings (SSSR count). The molecule has 5 nitrogen and oxygen atoms in total. The summed E-state index contributed by atoms with van der Waals surface area (Å²) in [5.41, 5.74) is 3.77. The molecule has 0 aliphatic heterocycles. The first kappa shape index (κ1) is 14.2. The summed E-state index contributed by atoms with van der Waals surface area (Å²) < 4.78 is 7.47. The molecule has 5 aromatic rings. The van der Waals surface area contributed by atoms with Crippen molar-refractivity contribution in [3.05, 3.63) is 64.9 Å². The zero-order chi connectivity index (χ0) is 17.1. The standard InChI is InChI=1S/C19H12N2O3S/c1-10-18(25-19-20-14-4-2-3-5-15(14)21(10)19)17(23)13-9-24-16-7-6-11(22)8-12(13)16/h2-9,22H,1H3. The van der Waals surface area contributed by atoms with Crippen LogP contribution in [0.15, 0.2) is 53.1 Å². The zero-order valence-corrected chi connectivity index (χ0v) is 14.0. The Morgan fingerprint density at radius 1 is 1.24 bits per heavy atom. The summed E-state index contributed by atoms with van der Waals surface area (Å²) in [6.07, 6.45) is 1.45. The molecule has 0 aliphatic carbocycles. The lowest BCUT2D eigenvalue weighted by Gasteiger charge is -1.99. The Morgan fingerprint density at radius 3 is 2.96 bits per heavy atom. The molecule has 0 atom stereocenters. The molecule has 0 aliphatic rings. The molecule has 0 fully saturated rings. The molecule has 2 aromatic carbocycles. The number of aromatic nitrogens is 2. The van der Waals surface area contributed by atoms with Crippen LogP contribution < -0.4 is 0 Å². The number of furan rings is 1. The van der Waals surface area contributed by atoms with E-state index >= 15 is 0 Å². The third-order valence-corrected chi connectivity index (χ3v) is 5.54. The molecule has 122 valence electrons. The minimum atomic E-state index is -0.124. The van der Waals surface area contributed by atoms with Gasteiger partial charge in [-0.1, -0.05) is 23.5 Å². The highest BCUT2D eigenvalue weighted by Gasteiger charge is 2.23. The van der Waals surface area contributed by atoms with Crippen LogP contribution in [-0.4, -0.2) is 20.3 Å². The Hall–Kier alpha value is -3.12. The Balaban J connectivity index is 1.73. The molecule has 0 unspecified atom stereocenters. The molecule has 1 N–H and O–H groups in total. The van der Waals surface area contributed by atoms with Crippen LogP contribution >= 0.6 is 11.3 Å². The molecule has 3 heterocycles. The number of para-hydroxylation sites is 2. The van der Waals surface area contributed by atoms with E-state index in [1.807, 2.05) is 35.6 Å². The fourth-order valence-electron chi connectivity index (χ4n) is 3.19. The zero-order valence-electron chi connectivity index (χ0n) is 13.2. The highest BCUT2D eigenvalue weighted by Crippen LogP contribution is 2.32. The summed E-state index contributed by atoms with van der Waals surface area (Å²) in [5, 5.41) is 10.3. The monoisotopic (exact) mass is 348 g/mol. The first-order chi connectivity index (χ1) is 12.1. The van der Waals surface area contributed by atoms with Crippen molar-refractivity contribution in [3.63, 3.8) is 0 Å². The Bertz CT molecular complexity index is 1290. The van der Waals surface area contributed by atoms with Crippen molar-refractivity contribution in [3.8, 4) is 5.75 Å². The quantitative estimate of drug-likeness (QED) is 0.476. The molecule has 0 bridgehead atoms. The van der Waals surface area contributed by atoms with Crippen molar-refractivity contribution in [2.24, 2.45) is 0 Å². The molecule has 0 amide bonds. The highest BCUT2D eigenvalue weighted by atomic mass is 32.1. The summed E-state index contributed by atoms with van der Waals surface area (Å²) in [6.45, 7) is 1.92. The van der Waals surface area contributed by atoms with Gasteiger partial charge in [0.1, 0.15) is 17.6 Å². The number of ketones is 1. The maximum Gasteiger partial charge on any atom is 0.208 e. The van der Waals surface area contributed by atoms with Gasteiger partial charge in [-0.25, -0.2) is 4.98 Å². The molecule has 25 heavy (non-hydrogen) atoms. The Morgan fingerprint density at radius 2 is 2.08 bits per heavy atom. The van der Waals surface area contributed by atoms with E-state index in [2.05, 4.69) is 4.98 Å². The second-order valence-electron chi connectivity index (χ2n) is 5.89. The van der Waals surface area contributed by atoms with Crippen LogP contribution in [0.3, 0.4) is 0 Å². The Kier molecular flexibility index (Phi) is 2.81. The third-order valence-electron chi connectivity index (χ3n) is 4.40. The molecule has 3 aromatic heterocycles. The number of fused-ring (bicyclic) bond motifs is 4. The van der Waals surface area contributed by atoms with Crippen molar-refractivity contribution in [2.75, 3.05) is 0 Å². The summed E-state index contributed by atoms with van der Waals surface area (Å²) in [5.74, 6) is -0.0203. The number of carbonyl (C=O) groups excluding carboxylic acids is 1. The Labute approximate surface area is 145 Å². The maximum absolute atomic E-state index is 13.1. The van der Waals surface area contributed by atoms with Crippen molar-refractivity contribution in [1.29, 1.82) is 0 Å². The molecule has 0 radical (unpaired) electrons. The van der Waals surface area contributed by atoms with Gasteiger partial charge in [-0.2, -0.15) is 0 Å². The molecule has 0 spiro atoms. The van der Waals surface area contributed by atoms with Crippen LogP contribution in [0.25, 0.3) is 27.0 Å². The van der Waals surface area contributed by atoms with Gasteiger partial charge < -0.3 is 9.52 Å². The molecule has 0 saturated carbocycles. The van der Waals surface area contributed by atoms with Gasteiger partial charge >= 0.3 is 0 Å². The van der Waals surface area contributed by atoms with E-state index in [0.29, 0.717) is 21.4 Å². The van der Waals surface area contributed by atoms with Crippen LogP contribution in [-0.2, 0) is 0 Å². The summed E-state index contributed by atoms with van der Waals surface area (Å²) in [6, 6.07) is 12.6. The second kappa shape index (κ2) is 4.94. The smallest absolute Gasteiger partial charge is 0.208 e. The number of hydrogen-bond acceptors (Lipinski definition) is 5. The molecular weight excluding hydrogens is 336 g/mol. The van der Waals surface area contributed by atoms with Crippen molar-refractivity contribution in [1.82, 2.24) is 9.38 Å². The van der Waals surface area contributed by atoms with Gasteiger partial charge in [0.15, 0.2) is 4.96 Å². The number of rotatable bonds is 2. The number of hydrogen-bond donors (Lipinski definition) is 1. The van der Waals surface area contributed by atoms with Gasteiger partial charge in [-0.3, -0.25) is 9.20 Å². The SMILES string of the molecule is Cc1c(C(=O)c2coc3ccc(O)cc23)sc2nc3ccccc3n12. The van der Waals surface area contributed by atoms with Gasteiger partial charge in [0.05, 0.1) is 21.5 Å². The summed E-state index contributed by atoms with van der Waals surface area (Å²) in [4.78, 5) is 19.1. The predicted octanol–water partition coefficient (Wildman–Crippen LogP) is 4.54. The van der Waals surface area contributed by atoms with Crippen LogP contribution in [0.4, 0.5) is 0 Å². The third kappa shape index (κ3) is 1.94. The fraction of sp³-hybridized carbons (Fsp3) is 0.0526. The second-order valence-corrected chi connectivity index (χ2v) is 6.87. The first-order valence-electron chi connectivity index (χ1n) is 7.75. The normalized spacial score (nSPS) is 11.7. The van der Waals surface area contributed by atoms with Crippen LogP contribution in [0, 0.1) is 6.92 Å². The number of benzene rings is 2. The first-order valence-corrected chi connectivity index (χ1v) is 8.56. The lowest BCUT2D eigenvalue weighted by atomic mass is 10.1. The number of aromatic hydroxyl groups is 1. The lowest BCUT2D eigenvalue weighted by molar-refractivity contribution is 0.104. The number of aryl methyl sites for hydroxylation is 1. The highest BCUT2D eigenvalue weighted by molar-refractivity contribution is 7.19. The number of carbonyl (C=O) groups is 1. The van der Waals surface area contributed by atoms with E-state index in [1.54, 1.807) is 12.1 Å². The topological polar surface area (TPSA) is 67.7 Å².